The van der Waals surface area contributed by atoms with Crippen LogP contribution in [0.5, 0.6) is 0 Å². The van der Waals surface area contributed by atoms with Gasteiger partial charge in [0.15, 0.2) is 0 Å². The van der Waals surface area contributed by atoms with E-state index in [1.165, 1.54) is 0 Å². The zero-order chi connectivity index (χ0) is 14.5. The first-order valence-corrected chi connectivity index (χ1v) is 5.85. The molecule has 5 heteroatoms. The number of ether oxygens (including phenoxy) is 1. The van der Waals surface area contributed by atoms with Gasteiger partial charge in [-0.3, -0.25) is 0 Å². The van der Waals surface area contributed by atoms with Crippen molar-refractivity contribution in [1.29, 1.82) is 5.26 Å². The molecular formula is C14H17N3O2. The van der Waals surface area contributed by atoms with Crippen LogP contribution in [0, 0.1) is 11.3 Å². The van der Waals surface area contributed by atoms with Crippen LogP contribution in [-0.4, -0.2) is 17.4 Å². The van der Waals surface area contributed by atoms with E-state index in [0.717, 1.165) is 5.56 Å². The van der Waals surface area contributed by atoms with Crippen LogP contribution < -0.4 is 5.43 Å². The molecule has 0 saturated heterocycles. The molecule has 0 saturated carbocycles. The van der Waals surface area contributed by atoms with Gasteiger partial charge >= 0.3 is 6.09 Å². The number of amides is 1. The third-order valence-electron chi connectivity index (χ3n) is 2.15. The Kier molecular flexibility index (Phi) is 4.65. The minimum absolute atomic E-state index is 0.554. The Labute approximate surface area is 112 Å². The largest absolute Gasteiger partial charge is 0.443 e. The van der Waals surface area contributed by atoms with Gasteiger partial charge in [0.05, 0.1) is 17.3 Å². The molecule has 0 atom stereocenters. The molecule has 0 aromatic heterocycles. The lowest BCUT2D eigenvalue weighted by Gasteiger charge is -2.18. The molecule has 0 spiro atoms. The number of hydrogen-bond donors (Lipinski definition) is 1. The Bertz CT molecular complexity index is 519. The van der Waals surface area contributed by atoms with E-state index in [1.54, 1.807) is 52.0 Å². The highest BCUT2D eigenvalue weighted by molar-refractivity contribution is 5.99. The summed E-state index contributed by atoms with van der Waals surface area (Å²) in [5, 5.41) is 12.6. The Morgan fingerprint density at radius 2 is 1.89 bits per heavy atom. The molecule has 0 bridgehead atoms. The first kappa shape index (κ1) is 14.7. The van der Waals surface area contributed by atoms with Crippen molar-refractivity contribution in [3.05, 3.63) is 35.4 Å². The van der Waals surface area contributed by atoms with Crippen LogP contribution in [-0.2, 0) is 4.74 Å². The van der Waals surface area contributed by atoms with E-state index in [-0.39, 0.29) is 0 Å². The van der Waals surface area contributed by atoms with Crippen LogP contribution in [0.4, 0.5) is 4.79 Å². The Morgan fingerprint density at radius 3 is 2.37 bits per heavy atom. The van der Waals surface area contributed by atoms with Crippen molar-refractivity contribution in [2.75, 3.05) is 0 Å². The third-order valence-corrected chi connectivity index (χ3v) is 2.15. The highest BCUT2D eigenvalue weighted by Crippen LogP contribution is 2.07. The van der Waals surface area contributed by atoms with E-state index in [9.17, 15) is 4.79 Å². The maximum absolute atomic E-state index is 11.4. The third kappa shape index (κ3) is 5.21. The van der Waals surface area contributed by atoms with Gasteiger partial charge in [-0.15, -0.1) is 0 Å². The molecule has 19 heavy (non-hydrogen) atoms. The fourth-order valence-electron chi connectivity index (χ4n) is 1.28. The molecule has 0 aliphatic carbocycles. The van der Waals surface area contributed by atoms with Crippen LogP contribution >= 0.6 is 0 Å². The van der Waals surface area contributed by atoms with E-state index in [0.29, 0.717) is 11.3 Å². The second kappa shape index (κ2) is 6.01. The van der Waals surface area contributed by atoms with Crippen LogP contribution in [0.3, 0.4) is 0 Å². The molecular weight excluding hydrogens is 242 g/mol. The fourth-order valence-corrected chi connectivity index (χ4v) is 1.28. The van der Waals surface area contributed by atoms with Gasteiger partial charge in [0.2, 0.25) is 0 Å². The lowest BCUT2D eigenvalue weighted by Crippen LogP contribution is -2.30. The van der Waals surface area contributed by atoms with Gasteiger partial charge in [-0.1, -0.05) is 12.1 Å². The van der Waals surface area contributed by atoms with E-state index in [1.807, 2.05) is 6.07 Å². The molecule has 0 heterocycles. The van der Waals surface area contributed by atoms with E-state index < -0.39 is 11.7 Å². The summed E-state index contributed by atoms with van der Waals surface area (Å²) in [6, 6.07) is 8.98. The summed E-state index contributed by atoms with van der Waals surface area (Å²) in [4.78, 5) is 11.4. The summed E-state index contributed by atoms with van der Waals surface area (Å²) >= 11 is 0. The maximum Gasteiger partial charge on any atom is 0.428 e. The molecule has 5 nitrogen and oxygen atoms in total. The van der Waals surface area contributed by atoms with E-state index >= 15 is 0 Å². The number of carbonyl (C=O) groups is 1. The minimum atomic E-state index is -0.597. The summed E-state index contributed by atoms with van der Waals surface area (Å²) in [5.41, 5.74) is 3.82. The Morgan fingerprint density at radius 1 is 1.32 bits per heavy atom. The second-order valence-corrected chi connectivity index (χ2v) is 5.00. The van der Waals surface area contributed by atoms with Crippen LogP contribution in [0.1, 0.15) is 38.8 Å². The van der Waals surface area contributed by atoms with Crippen LogP contribution in [0.2, 0.25) is 0 Å². The molecule has 1 aromatic carbocycles. The van der Waals surface area contributed by atoms with Gasteiger partial charge in [-0.25, -0.2) is 10.2 Å². The highest BCUT2D eigenvalue weighted by atomic mass is 16.6. The standard InChI is InChI=1S/C14H17N3O2/c1-10(12-7-5-11(9-15)6-8-12)16-17-13(18)19-14(2,3)4/h5-8H,1-4H3,(H,17,18)/b16-10+. The molecule has 1 aromatic rings. The van der Waals surface area contributed by atoms with Crippen molar-refractivity contribution in [2.24, 2.45) is 5.10 Å². The number of hydrazone groups is 1. The topological polar surface area (TPSA) is 74.5 Å². The van der Waals surface area contributed by atoms with Crippen molar-refractivity contribution in [1.82, 2.24) is 5.43 Å². The van der Waals surface area contributed by atoms with Crippen molar-refractivity contribution < 1.29 is 9.53 Å². The molecule has 0 aliphatic rings. The number of nitrogens with zero attached hydrogens (tertiary/aromatic N) is 2. The summed E-state index contributed by atoms with van der Waals surface area (Å²) in [5.74, 6) is 0. The average molecular weight is 259 g/mol. The average Bonchev–Trinajstić information content (AvgIpc) is 2.34. The maximum atomic E-state index is 11.4. The van der Waals surface area contributed by atoms with Crippen molar-refractivity contribution in [2.45, 2.75) is 33.3 Å². The van der Waals surface area contributed by atoms with Crippen molar-refractivity contribution in [3.8, 4) is 6.07 Å². The fraction of sp³-hybridized carbons (Fsp3) is 0.357. The quantitative estimate of drug-likeness (QED) is 0.655. The number of carbonyl (C=O) groups excluding carboxylic acids is 1. The molecule has 0 aliphatic heterocycles. The van der Waals surface area contributed by atoms with E-state index in [2.05, 4.69) is 10.5 Å². The predicted octanol–water partition coefficient (Wildman–Crippen LogP) is 2.81. The normalized spacial score (nSPS) is 11.6. The molecule has 1 amide bonds. The summed E-state index contributed by atoms with van der Waals surface area (Å²) in [6.45, 7) is 7.11. The number of rotatable bonds is 2. The zero-order valence-electron chi connectivity index (χ0n) is 11.5. The molecule has 0 unspecified atom stereocenters. The first-order valence-electron chi connectivity index (χ1n) is 5.85. The smallest absolute Gasteiger partial charge is 0.428 e. The Balaban J connectivity index is 2.67. The number of hydrogen-bond acceptors (Lipinski definition) is 4. The van der Waals surface area contributed by atoms with E-state index in [4.69, 9.17) is 10.00 Å². The molecule has 100 valence electrons. The summed E-state index contributed by atoms with van der Waals surface area (Å²) < 4.78 is 5.06. The van der Waals surface area contributed by atoms with Gasteiger partial charge in [-0.2, -0.15) is 10.4 Å². The van der Waals surface area contributed by atoms with Gasteiger partial charge in [0, 0.05) is 0 Å². The monoisotopic (exact) mass is 259 g/mol. The minimum Gasteiger partial charge on any atom is -0.443 e. The predicted molar refractivity (Wildman–Crippen MR) is 72.7 cm³/mol. The lowest BCUT2D eigenvalue weighted by atomic mass is 10.1. The van der Waals surface area contributed by atoms with Gasteiger partial charge in [0.25, 0.3) is 0 Å². The number of nitrogens with one attached hydrogen (secondary N) is 1. The van der Waals surface area contributed by atoms with Gasteiger partial charge in [-0.05, 0) is 45.4 Å². The molecule has 0 radical (unpaired) electrons. The zero-order valence-corrected chi connectivity index (χ0v) is 11.5. The number of nitriles is 1. The highest BCUT2D eigenvalue weighted by Gasteiger charge is 2.15. The van der Waals surface area contributed by atoms with Gasteiger partial charge in [0.1, 0.15) is 5.60 Å². The van der Waals surface area contributed by atoms with Crippen LogP contribution in [0.25, 0.3) is 0 Å². The summed E-state index contributed by atoms with van der Waals surface area (Å²) in [7, 11) is 0. The Hall–Kier alpha value is -2.35. The van der Waals surface area contributed by atoms with Gasteiger partial charge < -0.3 is 4.74 Å². The number of benzene rings is 1. The molecule has 1 rings (SSSR count). The second-order valence-electron chi connectivity index (χ2n) is 5.00. The lowest BCUT2D eigenvalue weighted by molar-refractivity contribution is 0.0529. The molecule has 1 N–H and O–H groups in total. The first-order chi connectivity index (χ1) is 8.81. The summed E-state index contributed by atoms with van der Waals surface area (Å²) in [6.07, 6.45) is -0.597. The van der Waals surface area contributed by atoms with Crippen molar-refractivity contribution in [3.63, 3.8) is 0 Å². The van der Waals surface area contributed by atoms with Crippen LogP contribution in [0.15, 0.2) is 29.4 Å². The van der Waals surface area contributed by atoms with Crippen molar-refractivity contribution >= 4 is 11.8 Å². The molecule has 0 fully saturated rings. The SMILES string of the molecule is C/C(=N\NC(=O)OC(C)(C)C)c1ccc(C#N)cc1.